The minimum Gasteiger partial charge on any atom is -0.485 e. The first-order chi connectivity index (χ1) is 23.8. The van der Waals surface area contributed by atoms with Crippen LogP contribution in [0.2, 0.25) is 10.0 Å². The van der Waals surface area contributed by atoms with Gasteiger partial charge in [-0.05, 0) is 47.5 Å². The van der Waals surface area contributed by atoms with E-state index in [1.165, 1.54) is 18.2 Å². The molecule has 0 N–H and O–H groups in total. The zero-order chi connectivity index (χ0) is 33.9. The van der Waals surface area contributed by atoms with Crippen LogP contribution in [-0.4, -0.2) is 41.7 Å². The van der Waals surface area contributed by atoms with Crippen molar-refractivity contribution < 1.29 is 14.3 Å². The minimum absolute atomic E-state index is 0.000434. The number of allylic oxidation sites excluding steroid dienone is 1. The average molecular weight is 755 g/mol. The first-order valence-electron chi connectivity index (χ1n) is 15.2. The molecule has 13 heteroatoms. The number of hydrogen-bond donors (Lipinski definition) is 0. The number of hydrogen-bond acceptors (Lipinski definition) is 7. The topological polar surface area (TPSA) is 108 Å². The number of nitrogens with zero attached hydrogens (tertiary/aromatic N) is 7. The molecule has 0 unspecified atom stereocenters. The average Bonchev–Trinajstić information content (AvgIpc) is 3.80. The number of rotatable bonds is 11. The molecule has 6 aromatic rings. The van der Waals surface area contributed by atoms with Crippen molar-refractivity contribution in [2.45, 2.75) is 26.2 Å². The van der Waals surface area contributed by atoms with Crippen molar-refractivity contribution in [2.24, 2.45) is 0 Å². The summed E-state index contributed by atoms with van der Waals surface area (Å²) in [5.74, 6) is -0.737. The number of carbonyl (C=O) groups is 2. The summed E-state index contributed by atoms with van der Waals surface area (Å²) in [7, 11) is 0. The molecule has 3 heterocycles. The first kappa shape index (κ1) is 32.4. The van der Waals surface area contributed by atoms with Crippen molar-refractivity contribution in [1.82, 2.24) is 30.0 Å². The summed E-state index contributed by atoms with van der Waals surface area (Å²) in [6, 6.07) is 28.2. The van der Waals surface area contributed by atoms with E-state index >= 15 is 0 Å². The molecular weight excluding hydrogens is 729 g/mol. The van der Waals surface area contributed by atoms with Gasteiger partial charge in [0.05, 0.1) is 53.9 Å². The molecule has 1 aliphatic heterocycles. The standard InChI is InChI=1S/C36H26BrCl2N7O3/c37-25-11-12-33-29(13-25)30(36(48)46(33)21-27-19-44(42-40-27)17-23-7-3-1-4-8-23)16-34(47)31-14-26(38)15-32(39)35(31)49-22-28-20-45(43-41-28)18-24-9-5-2-6-10-24/h1-16,19-20H,17-18,21-22H2/b30-16-. The van der Waals surface area contributed by atoms with Gasteiger partial charge in [-0.1, -0.05) is 110 Å². The van der Waals surface area contributed by atoms with Gasteiger partial charge in [0.2, 0.25) is 0 Å². The lowest BCUT2D eigenvalue weighted by molar-refractivity contribution is -0.113. The highest BCUT2D eigenvalue weighted by Gasteiger charge is 2.34. The summed E-state index contributed by atoms with van der Waals surface area (Å²) in [6.45, 7) is 1.25. The molecule has 1 aliphatic rings. The Morgan fingerprint density at radius 2 is 1.43 bits per heavy atom. The Morgan fingerprint density at radius 1 is 0.796 bits per heavy atom. The lowest BCUT2D eigenvalue weighted by atomic mass is 10.0. The normalized spacial score (nSPS) is 13.2. The molecule has 0 atom stereocenters. The van der Waals surface area contributed by atoms with Gasteiger partial charge in [0.1, 0.15) is 23.7 Å². The van der Waals surface area contributed by atoms with Crippen LogP contribution in [0.15, 0.2) is 114 Å². The van der Waals surface area contributed by atoms with Crippen molar-refractivity contribution in [3.05, 3.63) is 158 Å². The van der Waals surface area contributed by atoms with Gasteiger partial charge in [-0.3, -0.25) is 9.59 Å². The van der Waals surface area contributed by atoms with E-state index in [-0.39, 0.29) is 46.0 Å². The van der Waals surface area contributed by atoms with Gasteiger partial charge in [0.15, 0.2) is 5.78 Å². The number of ketones is 1. The van der Waals surface area contributed by atoms with E-state index in [0.717, 1.165) is 15.6 Å². The van der Waals surface area contributed by atoms with Crippen LogP contribution >= 0.6 is 39.1 Å². The van der Waals surface area contributed by atoms with E-state index in [4.69, 9.17) is 27.9 Å². The van der Waals surface area contributed by atoms with Gasteiger partial charge in [-0.25, -0.2) is 9.36 Å². The summed E-state index contributed by atoms with van der Waals surface area (Å²) in [5, 5.41) is 17.3. The molecule has 0 bridgehead atoms. The molecule has 1 amide bonds. The molecule has 2 aromatic heterocycles. The van der Waals surface area contributed by atoms with E-state index in [1.54, 1.807) is 26.5 Å². The van der Waals surface area contributed by atoms with Gasteiger partial charge < -0.3 is 9.64 Å². The fourth-order valence-corrected chi connectivity index (χ4v) is 6.45. The zero-order valence-electron chi connectivity index (χ0n) is 25.7. The monoisotopic (exact) mass is 753 g/mol. The second-order valence-electron chi connectivity index (χ2n) is 11.3. The van der Waals surface area contributed by atoms with E-state index in [1.807, 2.05) is 79.0 Å². The molecule has 4 aromatic carbocycles. The van der Waals surface area contributed by atoms with Crippen LogP contribution in [0, 0.1) is 0 Å². The Balaban J connectivity index is 1.12. The lowest BCUT2D eigenvalue weighted by Gasteiger charge is -2.15. The van der Waals surface area contributed by atoms with E-state index in [2.05, 4.69) is 36.6 Å². The SMILES string of the molecule is O=C(/C=C1\C(=O)N(Cc2cn(Cc3ccccc3)nn2)c2ccc(Br)cc21)c1cc(Cl)cc(Cl)c1OCc1cn(Cc2ccccc2)nn1. The number of aromatic nitrogens is 6. The van der Waals surface area contributed by atoms with Crippen molar-refractivity contribution in [3.63, 3.8) is 0 Å². The maximum Gasteiger partial charge on any atom is 0.259 e. The number of benzene rings is 4. The van der Waals surface area contributed by atoms with Crippen molar-refractivity contribution in [3.8, 4) is 5.75 Å². The maximum atomic E-state index is 13.9. The highest BCUT2D eigenvalue weighted by atomic mass is 79.9. The number of anilines is 1. The molecule has 0 radical (unpaired) electrons. The van der Waals surface area contributed by atoms with Crippen LogP contribution in [0.3, 0.4) is 0 Å². The molecule has 0 aliphatic carbocycles. The fourth-order valence-electron chi connectivity index (χ4n) is 5.54. The predicted octanol–water partition coefficient (Wildman–Crippen LogP) is 7.43. The second-order valence-corrected chi connectivity index (χ2v) is 13.1. The summed E-state index contributed by atoms with van der Waals surface area (Å²) >= 11 is 16.4. The number of amides is 1. The summed E-state index contributed by atoms with van der Waals surface area (Å²) in [4.78, 5) is 29.4. The van der Waals surface area contributed by atoms with Gasteiger partial charge in [0.25, 0.3) is 5.91 Å². The van der Waals surface area contributed by atoms with Crippen LogP contribution in [0.25, 0.3) is 5.57 Å². The molecule has 7 rings (SSSR count). The van der Waals surface area contributed by atoms with E-state index in [0.29, 0.717) is 35.7 Å². The molecule has 10 nitrogen and oxygen atoms in total. The van der Waals surface area contributed by atoms with Gasteiger partial charge in [0, 0.05) is 15.1 Å². The molecular formula is C36H26BrCl2N7O3. The number of fused-ring (bicyclic) bond motifs is 1. The van der Waals surface area contributed by atoms with Crippen LogP contribution < -0.4 is 9.64 Å². The van der Waals surface area contributed by atoms with Crippen LogP contribution in [0.5, 0.6) is 5.75 Å². The molecule has 0 fully saturated rings. The highest BCUT2D eigenvalue weighted by Crippen LogP contribution is 2.40. The van der Waals surface area contributed by atoms with Gasteiger partial charge >= 0.3 is 0 Å². The Kier molecular flexibility index (Phi) is 9.38. The molecule has 244 valence electrons. The number of ether oxygens (including phenoxy) is 1. The third-order valence-corrected chi connectivity index (χ3v) is 8.79. The third-order valence-electron chi connectivity index (χ3n) is 7.80. The Morgan fingerprint density at radius 3 is 2.10 bits per heavy atom. The third kappa shape index (κ3) is 7.34. The fraction of sp³-hybridized carbons (Fsp3) is 0.111. The first-order valence-corrected chi connectivity index (χ1v) is 16.7. The van der Waals surface area contributed by atoms with Crippen molar-refractivity contribution in [2.75, 3.05) is 4.90 Å². The van der Waals surface area contributed by atoms with E-state index in [9.17, 15) is 9.59 Å². The van der Waals surface area contributed by atoms with Crippen molar-refractivity contribution >= 4 is 62.1 Å². The highest BCUT2D eigenvalue weighted by molar-refractivity contribution is 9.10. The lowest BCUT2D eigenvalue weighted by Crippen LogP contribution is -2.26. The zero-order valence-corrected chi connectivity index (χ0v) is 28.8. The van der Waals surface area contributed by atoms with Crippen LogP contribution in [0.1, 0.15) is 38.4 Å². The van der Waals surface area contributed by atoms with Crippen LogP contribution in [-0.2, 0) is 31.0 Å². The second kappa shape index (κ2) is 14.2. The molecule has 0 saturated carbocycles. The quantitative estimate of drug-likeness (QED) is 0.100. The smallest absolute Gasteiger partial charge is 0.259 e. The summed E-state index contributed by atoms with van der Waals surface area (Å²) < 4.78 is 10.2. The Labute approximate surface area is 299 Å². The summed E-state index contributed by atoms with van der Waals surface area (Å²) in [5.41, 5.74) is 4.85. The summed E-state index contributed by atoms with van der Waals surface area (Å²) in [6.07, 6.45) is 4.87. The Bertz CT molecular complexity index is 2200. The molecule has 0 spiro atoms. The minimum atomic E-state index is -0.503. The Hall–Kier alpha value is -5.10. The predicted molar refractivity (Wildman–Crippen MR) is 190 cm³/mol. The number of halogens is 3. The van der Waals surface area contributed by atoms with Gasteiger partial charge in [-0.2, -0.15) is 0 Å². The van der Waals surface area contributed by atoms with Crippen LogP contribution in [0.4, 0.5) is 5.69 Å². The molecule has 49 heavy (non-hydrogen) atoms. The van der Waals surface area contributed by atoms with Gasteiger partial charge in [-0.15, -0.1) is 10.2 Å². The molecule has 0 saturated heterocycles. The maximum absolute atomic E-state index is 13.9. The van der Waals surface area contributed by atoms with E-state index < -0.39 is 5.78 Å². The van der Waals surface area contributed by atoms with Crippen molar-refractivity contribution in [1.29, 1.82) is 0 Å². The number of carbonyl (C=O) groups excluding carboxylic acids is 2. The largest absolute Gasteiger partial charge is 0.485 e.